The van der Waals surface area contributed by atoms with Gasteiger partial charge in [0.1, 0.15) is 0 Å². The molecule has 6 nitrogen and oxygen atoms in total. The Morgan fingerprint density at radius 3 is 2.26 bits per heavy atom. The van der Waals surface area contributed by atoms with Crippen LogP contribution >= 0.6 is 0 Å². The van der Waals surface area contributed by atoms with Gasteiger partial charge in [0.25, 0.3) is 0 Å². The molecule has 0 saturated carbocycles. The number of benzene rings is 2. The van der Waals surface area contributed by atoms with E-state index in [2.05, 4.69) is 6.07 Å². The Bertz CT molecular complexity index is 987. The number of hydrogen-bond donors (Lipinski definition) is 0. The highest BCUT2D eigenvalue weighted by molar-refractivity contribution is 7.89. The molecule has 0 spiro atoms. The van der Waals surface area contributed by atoms with E-state index in [-0.39, 0.29) is 23.9 Å². The Kier molecular flexibility index (Phi) is 5.69. The van der Waals surface area contributed by atoms with Crippen LogP contribution in [0.25, 0.3) is 6.08 Å². The van der Waals surface area contributed by atoms with Gasteiger partial charge in [-0.15, -0.1) is 0 Å². The zero-order chi connectivity index (χ0) is 19.3. The number of carbonyl (C=O) groups is 1. The molecule has 0 bridgehead atoms. The molecule has 2 aromatic carbocycles. The van der Waals surface area contributed by atoms with Crippen LogP contribution in [0.15, 0.2) is 65.6 Å². The van der Waals surface area contributed by atoms with E-state index in [1.54, 1.807) is 65.6 Å². The van der Waals surface area contributed by atoms with E-state index >= 15 is 0 Å². The predicted molar refractivity (Wildman–Crippen MR) is 102 cm³/mol. The molecular weight excluding hydrogens is 362 g/mol. The second-order valence-electron chi connectivity index (χ2n) is 6.07. The molecule has 7 heteroatoms. The fourth-order valence-electron chi connectivity index (χ4n) is 2.90. The quantitative estimate of drug-likeness (QED) is 0.760. The maximum absolute atomic E-state index is 12.6. The van der Waals surface area contributed by atoms with Crippen molar-refractivity contribution in [2.45, 2.75) is 4.90 Å². The summed E-state index contributed by atoms with van der Waals surface area (Å²) in [6.45, 7) is 1.17. The summed E-state index contributed by atoms with van der Waals surface area (Å²) in [7, 11) is -3.53. The van der Waals surface area contributed by atoms with E-state index in [4.69, 9.17) is 5.26 Å². The van der Waals surface area contributed by atoms with Crippen molar-refractivity contribution in [3.8, 4) is 6.07 Å². The van der Waals surface area contributed by atoms with Gasteiger partial charge in [0.2, 0.25) is 15.9 Å². The van der Waals surface area contributed by atoms with Crippen molar-refractivity contribution in [1.82, 2.24) is 9.21 Å². The first-order valence-electron chi connectivity index (χ1n) is 8.53. The summed E-state index contributed by atoms with van der Waals surface area (Å²) < 4.78 is 26.6. The minimum Gasteiger partial charge on any atom is -0.337 e. The number of rotatable bonds is 4. The molecule has 1 heterocycles. The molecule has 3 rings (SSSR count). The van der Waals surface area contributed by atoms with Gasteiger partial charge in [-0.2, -0.15) is 9.57 Å². The summed E-state index contributed by atoms with van der Waals surface area (Å²) in [6.07, 6.45) is 3.05. The molecule has 0 radical (unpaired) electrons. The molecule has 27 heavy (non-hydrogen) atoms. The Morgan fingerprint density at radius 2 is 1.59 bits per heavy atom. The Morgan fingerprint density at radius 1 is 0.963 bits per heavy atom. The highest BCUT2D eigenvalue weighted by Crippen LogP contribution is 2.17. The highest BCUT2D eigenvalue weighted by atomic mass is 32.2. The summed E-state index contributed by atoms with van der Waals surface area (Å²) in [5.74, 6) is -0.195. The van der Waals surface area contributed by atoms with Gasteiger partial charge in [0.05, 0.1) is 16.5 Å². The van der Waals surface area contributed by atoms with E-state index in [1.807, 2.05) is 0 Å². The van der Waals surface area contributed by atoms with Gasteiger partial charge in [-0.3, -0.25) is 4.79 Å². The van der Waals surface area contributed by atoms with Crippen LogP contribution in [-0.2, 0) is 14.8 Å². The molecule has 0 atom stereocenters. The number of nitrogens with zero attached hydrogens (tertiary/aromatic N) is 3. The Hall–Kier alpha value is -2.95. The maximum atomic E-state index is 12.6. The van der Waals surface area contributed by atoms with Crippen LogP contribution in [0, 0.1) is 11.3 Å². The summed E-state index contributed by atoms with van der Waals surface area (Å²) in [5.41, 5.74) is 1.18. The highest BCUT2D eigenvalue weighted by Gasteiger charge is 2.29. The zero-order valence-electron chi connectivity index (χ0n) is 14.7. The van der Waals surface area contributed by atoms with Gasteiger partial charge in [-0.25, -0.2) is 8.42 Å². The topological polar surface area (TPSA) is 81.5 Å². The van der Waals surface area contributed by atoms with Crippen molar-refractivity contribution in [2.24, 2.45) is 0 Å². The van der Waals surface area contributed by atoms with Crippen molar-refractivity contribution in [3.05, 3.63) is 71.8 Å². The predicted octanol–water partition coefficient (Wildman–Crippen LogP) is 2.10. The van der Waals surface area contributed by atoms with Gasteiger partial charge >= 0.3 is 0 Å². The molecule has 1 aliphatic heterocycles. The average Bonchev–Trinajstić information content (AvgIpc) is 2.73. The number of carbonyl (C=O) groups excluding carboxylic acids is 1. The molecule has 2 aromatic rings. The van der Waals surface area contributed by atoms with Crippen LogP contribution in [0.1, 0.15) is 11.1 Å². The average molecular weight is 381 g/mol. The zero-order valence-corrected chi connectivity index (χ0v) is 15.5. The normalized spacial score (nSPS) is 15.6. The lowest BCUT2D eigenvalue weighted by molar-refractivity contribution is -0.127. The summed E-state index contributed by atoms with van der Waals surface area (Å²) in [6, 6.07) is 17.4. The van der Waals surface area contributed by atoms with Crippen LogP contribution in [0.4, 0.5) is 0 Å². The first-order chi connectivity index (χ1) is 13.0. The molecule has 1 saturated heterocycles. The van der Waals surface area contributed by atoms with Gasteiger partial charge in [-0.1, -0.05) is 36.4 Å². The molecule has 0 aromatic heterocycles. The van der Waals surface area contributed by atoms with E-state index < -0.39 is 10.0 Å². The molecule has 0 N–H and O–H groups in total. The number of sulfonamides is 1. The molecule has 1 fully saturated rings. The van der Waals surface area contributed by atoms with Gasteiger partial charge in [0.15, 0.2) is 0 Å². The minimum atomic E-state index is -3.53. The number of amides is 1. The van der Waals surface area contributed by atoms with Crippen molar-refractivity contribution < 1.29 is 13.2 Å². The van der Waals surface area contributed by atoms with E-state index in [0.717, 1.165) is 0 Å². The van der Waals surface area contributed by atoms with Crippen LogP contribution in [-0.4, -0.2) is 49.7 Å². The third-order valence-corrected chi connectivity index (χ3v) is 6.33. The number of piperazine rings is 1. The second kappa shape index (κ2) is 8.16. The van der Waals surface area contributed by atoms with Crippen molar-refractivity contribution >= 4 is 22.0 Å². The fraction of sp³-hybridized carbons (Fsp3) is 0.200. The standard InChI is InChI=1S/C20H19N3O3S/c21-16-18-7-5-4-6-17(18)10-11-20(24)22-12-14-23(15-13-22)27(25,26)19-8-2-1-3-9-19/h1-11H,12-15H2. The van der Waals surface area contributed by atoms with Gasteiger partial charge < -0.3 is 4.90 Å². The van der Waals surface area contributed by atoms with Crippen molar-refractivity contribution in [1.29, 1.82) is 5.26 Å². The van der Waals surface area contributed by atoms with E-state index in [0.29, 0.717) is 24.2 Å². The lowest BCUT2D eigenvalue weighted by atomic mass is 10.1. The van der Waals surface area contributed by atoms with Crippen LogP contribution in [0.3, 0.4) is 0 Å². The number of hydrogen-bond acceptors (Lipinski definition) is 4. The largest absolute Gasteiger partial charge is 0.337 e. The molecule has 0 unspecified atom stereocenters. The molecular formula is C20H19N3O3S. The second-order valence-corrected chi connectivity index (χ2v) is 8.01. The lowest BCUT2D eigenvalue weighted by Crippen LogP contribution is -2.50. The van der Waals surface area contributed by atoms with Crippen molar-refractivity contribution in [3.63, 3.8) is 0 Å². The molecule has 1 aliphatic rings. The van der Waals surface area contributed by atoms with E-state index in [9.17, 15) is 13.2 Å². The molecule has 0 aliphatic carbocycles. The third kappa shape index (κ3) is 4.25. The SMILES string of the molecule is N#Cc1ccccc1C=CC(=O)N1CCN(S(=O)(=O)c2ccccc2)CC1. The summed E-state index contributed by atoms with van der Waals surface area (Å²) in [4.78, 5) is 14.3. The minimum absolute atomic E-state index is 0.195. The molecule has 1 amide bonds. The van der Waals surface area contributed by atoms with Crippen LogP contribution in [0.2, 0.25) is 0 Å². The summed E-state index contributed by atoms with van der Waals surface area (Å²) in [5, 5.41) is 9.09. The first-order valence-corrected chi connectivity index (χ1v) is 9.98. The summed E-state index contributed by atoms with van der Waals surface area (Å²) >= 11 is 0. The molecule has 138 valence electrons. The monoisotopic (exact) mass is 381 g/mol. The van der Waals surface area contributed by atoms with Crippen LogP contribution in [0.5, 0.6) is 0 Å². The number of nitriles is 1. The lowest BCUT2D eigenvalue weighted by Gasteiger charge is -2.33. The van der Waals surface area contributed by atoms with Gasteiger partial charge in [-0.05, 0) is 29.8 Å². The fourth-order valence-corrected chi connectivity index (χ4v) is 4.34. The van der Waals surface area contributed by atoms with Crippen LogP contribution < -0.4 is 0 Å². The first kappa shape index (κ1) is 18.8. The maximum Gasteiger partial charge on any atom is 0.246 e. The smallest absolute Gasteiger partial charge is 0.246 e. The third-order valence-electron chi connectivity index (χ3n) is 4.42. The Balaban J connectivity index is 1.63. The van der Waals surface area contributed by atoms with Crippen molar-refractivity contribution in [2.75, 3.05) is 26.2 Å². The van der Waals surface area contributed by atoms with Gasteiger partial charge in [0, 0.05) is 32.3 Å². The Labute approximate surface area is 159 Å². The van der Waals surface area contributed by atoms with E-state index in [1.165, 1.54) is 10.4 Å².